The Hall–Kier alpha value is -2.68. The second-order valence-corrected chi connectivity index (χ2v) is 7.55. The number of aromatic nitrogens is 2. The van der Waals surface area contributed by atoms with Crippen LogP contribution in [0, 0.1) is 0 Å². The first-order valence-electron chi connectivity index (χ1n) is 7.60. The van der Waals surface area contributed by atoms with E-state index in [1.54, 1.807) is 28.8 Å². The highest BCUT2D eigenvalue weighted by molar-refractivity contribution is 7.73. The van der Waals surface area contributed by atoms with E-state index in [1.165, 1.54) is 0 Å². The molecule has 4 aromatic rings. The van der Waals surface area contributed by atoms with Crippen LogP contribution in [-0.4, -0.2) is 14.4 Å². The number of fused-ring (bicyclic) bond motifs is 1. The molecule has 0 radical (unpaired) electrons. The van der Waals surface area contributed by atoms with Gasteiger partial charge in [-0.15, -0.1) is 0 Å². The summed E-state index contributed by atoms with van der Waals surface area (Å²) in [5, 5.41) is 0.373. The van der Waals surface area contributed by atoms with Crippen molar-refractivity contribution in [1.29, 1.82) is 0 Å². The molecule has 0 amide bonds. The molecule has 118 valence electrons. The third-order valence-electron chi connectivity index (χ3n) is 3.93. The predicted octanol–water partition coefficient (Wildman–Crippen LogP) is 3.25. The van der Waals surface area contributed by atoms with Crippen LogP contribution < -0.4 is 10.9 Å². The van der Waals surface area contributed by atoms with Gasteiger partial charge in [0.2, 0.25) is 5.57 Å². The summed E-state index contributed by atoms with van der Waals surface area (Å²) in [7, 11) is -3.82. The summed E-state index contributed by atoms with van der Waals surface area (Å²) in [6.07, 6.45) is 0. The van der Waals surface area contributed by atoms with Crippen molar-refractivity contribution in [2.75, 3.05) is 0 Å². The maximum atomic E-state index is 13.3. The van der Waals surface area contributed by atoms with Crippen LogP contribution in [0.4, 0.5) is 0 Å². The van der Waals surface area contributed by atoms with Crippen molar-refractivity contribution in [3.63, 3.8) is 0 Å². The Morgan fingerprint density at radius 1 is 0.792 bits per heavy atom. The van der Waals surface area contributed by atoms with Gasteiger partial charge in [-0.2, -0.15) is 0 Å². The number of nitrogens with zero attached hydrogens (tertiary/aromatic N) is 2. The van der Waals surface area contributed by atoms with Gasteiger partial charge in [-0.1, -0.05) is 48.5 Å². The Morgan fingerprint density at radius 3 is 2.08 bits per heavy atom. The summed E-state index contributed by atoms with van der Waals surface area (Å²) in [4.78, 5) is 15.4. The van der Waals surface area contributed by atoms with Gasteiger partial charge < -0.3 is 4.89 Å². The lowest BCUT2D eigenvalue weighted by Gasteiger charge is -2.14. The van der Waals surface area contributed by atoms with E-state index >= 15 is 0 Å². The quantitative estimate of drug-likeness (QED) is 0.585. The minimum Gasteiger partial charge on any atom is -0.336 e. The lowest BCUT2D eigenvalue weighted by molar-refractivity contribution is 0.498. The van der Waals surface area contributed by atoms with E-state index in [0.29, 0.717) is 10.8 Å². The molecular formula is C19H15N2O2P. The van der Waals surface area contributed by atoms with Gasteiger partial charge >= 0.3 is 0 Å². The molecule has 3 aromatic carbocycles. The molecule has 4 rings (SSSR count). The molecule has 0 saturated carbocycles. The molecule has 1 N–H and O–H groups in total. The van der Waals surface area contributed by atoms with Crippen LogP contribution >= 0.6 is 7.37 Å². The van der Waals surface area contributed by atoms with E-state index < -0.39 is 7.37 Å². The minimum atomic E-state index is -3.82. The van der Waals surface area contributed by atoms with Gasteiger partial charge in [-0.3, -0.25) is 9.13 Å². The highest BCUT2D eigenvalue weighted by atomic mass is 31.2. The summed E-state index contributed by atoms with van der Waals surface area (Å²) in [5.41, 5.74) is 2.48. The average molecular weight is 334 g/mol. The number of rotatable bonds is 3. The highest BCUT2D eigenvalue weighted by Gasteiger charge is 2.31. The number of hydrogen-bond acceptors (Lipinski definition) is 2. The second-order valence-electron chi connectivity index (χ2n) is 5.48. The van der Waals surface area contributed by atoms with Gasteiger partial charge in [0.25, 0.3) is 7.37 Å². The predicted molar refractivity (Wildman–Crippen MR) is 96.6 cm³/mol. The monoisotopic (exact) mass is 334 g/mol. The summed E-state index contributed by atoms with van der Waals surface area (Å²) >= 11 is 0. The zero-order valence-electron chi connectivity index (χ0n) is 12.8. The minimum absolute atomic E-state index is 0.168. The fourth-order valence-corrected chi connectivity index (χ4v) is 4.34. The lowest BCUT2D eigenvalue weighted by Crippen LogP contribution is -2.24. The maximum Gasteiger partial charge on any atom is 0.293 e. The molecule has 0 aliphatic heterocycles. The van der Waals surface area contributed by atoms with Crippen molar-refractivity contribution in [2.24, 2.45) is 0 Å². The molecule has 0 bridgehead atoms. The normalized spacial score (nSPS) is 13.7. The van der Waals surface area contributed by atoms with Crippen LogP contribution in [-0.2, 0) is 4.57 Å². The van der Waals surface area contributed by atoms with E-state index in [2.05, 4.69) is 4.98 Å². The highest BCUT2D eigenvalue weighted by Crippen LogP contribution is 2.39. The van der Waals surface area contributed by atoms with Crippen molar-refractivity contribution in [1.82, 2.24) is 9.55 Å². The van der Waals surface area contributed by atoms with Crippen LogP contribution in [0.15, 0.2) is 84.9 Å². The van der Waals surface area contributed by atoms with Gasteiger partial charge in [-0.05, 0) is 36.4 Å². The van der Waals surface area contributed by atoms with Gasteiger partial charge in [0, 0.05) is 11.0 Å². The van der Waals surface area contributed by atoms with Crippen LogP contribution in [0.3, 0.4) is 0 Å². The Kier molecular flexibility index (Phi) is 3.57. The van der Waals surface area contributed by atoms with Crippen molar-refractivity contribution in [2.45, 2.75) is 0 Å². The van der Waals surface area contributed by atoms with Gasteiger partial charge in [0.15, 0.2) is 0 Å². The van der Waals surface area contributed by atoms with Gasteiger partial charge in [-0.25, -0.2) is 4.98 Å². The number of hydrogen-bond donors (Lipinski definition) is 1. The Morgan fingerprint density at radius 2 is 1.38 bits per heavy atom. The number of imidazole rings is 1. The smallest absolute Gasteiger partial charge is 0.293 e. The van der Waals surface area contributed by atoms with E-state index in [4.69, 9.17) is 0 Å². The molecule has 4 nitrogen and oxygen atoms in total. The van der Waals surface area contributed by atoms with E-state index in [0.717, 1.165) is 11.2 Å². The summed E-state index contributed by atoms with van der Waals surface area (Å²) in [5.74, 6) is 0. The summed E-state index contributed by atoms with van der Waals surface area (Å²) in [6, 6.07) is 25.7. The molecule has 0 aliphatic carbocycles. The third-order valence-corrected chi connectivity index (χ3v) is 5.78. The fraction of sp³-hybridized carbons (Fsp3) is 0. The first kappa shape index (κ1) is 14.9. The third kappa shape index (κ3) is 2.37. The first-order valence-corrected chi connectivity index (χ1v) is 9.26. The molecule has 1 aromatic heterocycles. The van der Waals surface area contributed by atoms with Gasteiger partial charge in [0.1, 0.15) is 0 Å². The van der Waals surface area contributed by atoms with E-state index in [9.17, 15) is 9.46 Å². The van der Waals surface area contributed by atoms with Crippen molar-refractivity contribution >= 4 is 29.3 Å². The van der Waals surface area contributed by atoms with Crippen molar-refractivity contribution in [3.8, 4) is 5.69 Å². The average Bonchev–Trinajstić information content (AvgIpc) is 3.03. The van der Waals surface area contributed by atoms with Crippen LogP contribution in [0.2, 0.25) is 0 Å². The fourth-order valence-electron chi connectivity index (χ4n) is 2.79. The molecule has 5 heteroatoms. The molecule has 0 spiro atoms. The molecule has 0 saturated heterocycles. The summed E-state index contributed by atoms with van der Waals surface area (Å²) < 4.78 is 15.0. The molecule has 24 heavy (non-hydrogen) atoms. The van der Waals surface area contributed by atoms with E-state index in [1.807, 2.05) is 60.7 Å². The zero-order valence-corrected chi connectivity index (χ0v) is 13.7. The Balaban J connectivity index is 2.04. The van der Waals surface area contributed by atoms with Crippen molar-refractivity contribution < 1.29 is 9.46 Å². The van der Waals surface area contributed by atoms with Crippen LogP contribution in [0.5, 0.6) is 0 Å². The van der Waals surface area contributed by atoms with E-state index in [-0.39, 0.29) is 5.57 Å². The SMILES string of the molecule is O=P(O)(c1ccccc1)c1nc2ccccc2n1-c1ccccc1. The molecule has 1 unspecified atom stereocenters. The van der Waals surface area contributed by atoms with Crippen molar-refractivity contribution in [3.05, 3.63) is 84.9 Å². The number of para-hydroxylation sites is 3. The molecule has 1 atom stereocenters. The molecular weight excluding hydrogens is 319 g/mol. The standard InChI is InChI=1S/C19H15N2O2P/c22-24(23,16-11-5-2-6-12-16)19-20-17-13-7-8-14-18(17)21(19)15-9-3-1-4-10-15/h1-14H,(H,22,23). The van der Waals surface area contributed by atoms with Crippen LogP contribution in [0.25, 0.3) is 16.7 Å². The molecule has 1 heterocycles. The molecule has 0 aliphatic rings. The second kappa shape index (κ2) is 5.75. The number of benzene rings is 3. The maximum absolute atomic E-state index is 13.3. The van der Waals surface area contributed by atoms with Crippen LogP contribution in [0.1, 0.15) is 0 Å². The van der Waals surface area contributed by atoms with Gasteiger partial charge in [0.05, 0.1) is 11.0 Å². The summed E-state index contributed by atoms with van der Waals surface area (Å²) in [6.45, 7) is 0. The Labute approximate surface area is 139 Å². The lowest BCUT2D eigenvalue weighted by atomic mass is 10.3. The first-order chi connectivity index (χ1) is 11.7. The zero-order chi connectivity index (χ0) is 16.6. The topological polar surface area (TPSA) is 55.1 Å². The largest absolute Gasteiger partial charge is 0.336 e. The Bertz CT molecular complexity index is 1040. The molecule has 0 fully saturated rings.